The Morgan fingerprint density at radius 1 is 1.22 bits per heavy atom. The normalized spacial score (nSPS) is 10.0. The molecule has 122 valence electrons. The fraction of sp³-hybridized carbons (Fsp3) is 0.235. The summed E-state index contributed by atoms with van der Waals surface area (Å²) in [6.07, 6.45) is 0. The summed E-state index contributed by atoms with van der Waals surface area (Å²) < 4.78 is 10.7. The minimum absolute atomic E-state index is 0.292. The van der Waals surface area contributed by atoms with Crippen LogP contribution in [0.25, 0.3) is 0 Å². The molecule has 2 aromatic rings. The van der Waals surface area contributed by atoms with Gasteiger partial charge in [-0.15, -0.1) is 0 Å². The monoisotopic (exact) mass is 334 g/mol. The van der Waals surface area contributed by atoms with E-state index in [1.165, 1.54) is 0 Å². The lowest BCUT2D eigenvalue weighted by Crippen LogP contribution is -2.28. The van der Waals surface area contributed by atoms with Gasteiger partial charge in [-0.25, -0.2) is 4.79 Å². The van der Waals surface area contributed by atoms with E-state index >= 15 is 0 Å². The second kappa shape index (κ2) is 8.29. The topological polar surface area (TPSA) is 59.6 Å². The first-order valence-electron chi connectivity index (χ1n) is 7.23. The summed E-state index contributed by atoms with van der Waals surface area (Å²) in [6, 6.07) is 12.5. The number of halogens is 1. The predicted octanol–water partition coefficient (Wildman–Crippen LogP) is 4.07. The van der Waals surface area contributed by atoms with E-state index in [4.69, 9.17) is 21.1 Å². The number of amides is 2. The van der Waals surface area contributed by atoms with Crippen LogP contribution in [0.2, 0.25) is 5.02 Å². The van der Waals surface area contributed by atoms with E-state index in [1.54, 1.807) is 19.2 Å². The van der Waals surface area contributed by atoms with Crippen molar-refractivity contribution < 1.29 is 14.3 Å². The summed E-state index contributed by atoms with van der Waals surface area (Å²) >= 11 is 6.20. The van der Waals surface area contributed by atoms with E-state index in [0.29, 0.717) is 29.7 Å². The van der Waals surface area contributed by atoms with Crippen molar-refractivity contribution in [1.29, 1.82) is 0 Å². The van der Waals surface area contributed by atoms with E-state index in [2.05, 4.69) is 10.6 Å². The Kier molecular flexibility index (Phi) is 6.11. The summed E-state index contributed by atoms with van der Waals surface area (Å²) in [4.78, 5) is 11.9. The molecular formula is C17H19ClN2O3. The minimum Gasteiger partial charge on any atom is -0.493 e. The van der Waals surface area contributed by atoms with Gasteiger partial charge in [0, 0.05) is 12.2 Å². The number of rotatable bonds is 6. The molecule has 0 aliphatic heterocycles. The fourth-order valence-corrected chi connectivity index (χ4v) is 2.33. The Hall–Kier alpha value is -2.40. The standard InChI is InChI=1S/C17H19ClN2O3/c1-3-23-16-14(18)9-12(10-15(16)22-2)11-19-17(21)20-13-7-5-4-6-8-13/h4-10H,3,11H2,1-2H3,(H2,19,20,21). The van der Waals surface area contributed by atoms with Crippen LogP contribution in [-0.2, 0) is 6.54 Å². The first-order valence-corrected chi connectivity index (χ1v) is 7.61. The molecule has 0 saturated heterocycles. The average Bonchev–Trinajstić information content (AvgIpc) is 2.56. The molecule has 0 radical (unpaired) electrons. The third kappa shape index (κ3) is 4.79. The molecule has 2 amide bonds. The van der Waals surface area contributed by atoms with Gasteiger partial charge in [-0.3, -0.25) is 0 Å². The van der Waals surface area contributed by atoms with Crippen molar-refractivity contribution in [2.24, 2.45) is 0 Å². The van der Waals surface area contributed by atoms with Crippen LogP contribution in [0.4, 0.5) is 10.5 Å². The molecule has 6 heteroatoms. The maximum Gasteiger partial charge on any atom is 0.319 e. The third-order valence-electron chi connectivity index (χ3n) is 3.06. The molecule has 2 N–H and O–H groups in total. The summed E-state index contributed by atoms with van der Waals surface area (Å²) in [5, 5.41) is 5.97. The van der Waals surface area contributed by atoms with Gasteiger partial charge in [0.15, 0.2) is 11.5 Å². The first-order chi connectivity index (χ1) is 11.1. The van der Waals surface area contributed by atoms with Crippen LogP contribution in [0.5, 0.6) is 11.5 Å². The quantitative estimate of drug-likeness (QED) is 0.837. The van der Waals surface area contributed by atoms with Gasteiger partial charge in [0.2, 0.25) is 0 Å². The van der Waals surface area contributed by atoms with Crippen LogP contribution < -0.4 is 20.1 Å². The number of hydrogen-bond acceptors (Lipinski definition) is 3. The molecule has 0 aliphatic rings. The molecule has 0 unspecified atom stereocenters. The van der Waals surface area contributed by atoms with Crippen LogP contribution in [0.1, 0.15) is 12.5 Å². The van der Waals surface area contributed by atoms with Gasteiger partial charge < -0.3 is 20.1 Å². The number of hydrogen-bond donors (Lipinski definition) is 2. The lowest BCUT2D eigenvalue weighted by Gasteiger charge is -2.14. The SMILES string of the molecule is CCOc1c(Cl)cc(CNC(=O)Nc2ccccc2)cc1OC. The lowest BCUT2D eigenvalue weighted by atomic mass is 10.2. The molecule has 0 bridgehead atoms. The number of para-hydroxylation sites is 1. The van der Waals surface area contributed by atoms with Gasteiger partial charge in [0.05, 0.1) is 18.7 Å². The van der Waals surface area contributed by atoms with Crippen molar-refractivity contribution in [2.75, 3.05) is 19.0 Å². The molecular weight excluding hydrogens is 316 g/mol. The van der Waals surface area contributed by atoms with Crippen LogP contribution in [0.15, 0.2) is 42.5 Å². The number of carbonyl (C=O) groups excluding carboxylic acids is 1. The number of ether oxygens (including phenoxy) is 2. The molecule has 2 rings (SSSR count). The fourth-order valence-electron chi connectivity index (χ4n) is 2.04. The molecule has 5 nitrogen and oxygen atoms in total. The largest absolute Gasteiger partial charge is 0.493 e. The van der Waals surface area contributed by atoms with E-state index in [1.807, 2.05) is 37.3 Å². The van der Waals surface area contributed by atoms with Gasteiger partial charge in [0.1, 0.15) is 0 Å². The zero-order valence-electron chi connectivity index (χ0n) is 13.1. The molecule has 23 heavy (non-hydrogen) atoms. The molecule has 2 aromatic carbocycles. The van der Waals surface area contributed by atoms with Gasteiger partial charge in [0.25, 0.3) is 0 Å². The van der Waals surface area contributed by atoms with E-state index < -0.39 is 0 Å². The predicted molar refractivity (Wildman–Crippen MR) is 91.5 cm³/mol. The van der Waals surface area contributed by atoms with Crippen LogP contribution >= 0.6 is 11.6 Å². The van der Waals surface area contributed by atoms with Crippen molar-refractivity contribution >= 4 is 23.3 Å². The summed E-state index contributed by atoms with van der Waals surface area (Å²) in [7, 11) is 1.55. The maximum absolute atomic E-state index is 11.9. The first kappa shape index (κ1) is 17.0. The third-order valence-corrected chi connectivity index (χ3v) is 3.34. The highest BCUT2D eigenvalue weighted by atomic mass is 35.5. The van der Waals surface area contributed by atoms with Gasteiger partial charge in [-0.05, 0) is 36.8 Å². The molecule has 0 heterocycles. The molecule has 0 saturated carbocycles. The number of methoxy groups -OCH3 is 1. The lowest BCUT2D eigenvalue weighted by molar-refractivity contribution is 0.251. The molecule has 0 fully saturated rings. The number of anilines is 1. The van der Waals surface area contributed by atoms with Crippen molar-refractivity contribution in [1.82, 2.24) is 5.32 Å². The van der Waals surface area contributed by atoms with Crippen molar-refractivity contribution in [3.8, 4) is 11.5 Å². The highest BCUT2D eigenvalue weighted by Crippen LogP contribution is 2.36. The average molecular weight is 335 g/mol. The zero-order chi connectivity index (χ0) is 16.7. The van der Waals surface area contributed by atoms with Crippen molar-refractivity contribution in [3.05, 3.63) is 53.1 Å². The number of carbonyl (C=O) groups is 1. The van der Waals surface area contributed by atoms with E-state index in [9.17, 15) is 4.79 Å². The Bertz CT molecular complexity index is 662. The zero-order valence-corrected chi connectivity index (χ0v) is 13.8. The summed E-state index contributed by atoms with van der Waals surface area (Å²) in [5.41, 5.74) is 1.55. The van der Waals surface area contributed by atoms with Crippen molar-refractivity contribution in [2.45, 2.75) is 13.5 Å². The van der Waals surface area contributed by atoms with Gasteiger partial charge >= 0.3 is 6.03 Å². The smallest absolute Gasteiger partial charge is 0.319 e. The van der Waals surface area contributed by atoms with Gasteiger partial charge in [-0.1, -0.05) is 29.8 Å². The van der Waals surface area contributed by atoms with Crippen LogP contribution in [0.3, 0.4) is 0 Å². The summed E-state index contributed by atoms with van der Waals surface area (Å²) in [6.45, 7) is 2.69. The molecule has 0 aliphatic carbocycles. The second-order valence-electron chi connectivity index (χ2n) is 4.72. The Morgan fingerprint density at radius 2 is 1.96 bits per heavy atom. The van der Waals surface area contributed by atoms with Crippen LogP contribution in [-0.4, -0.2) is 19.7 Å². The Balaban J connectivity index is 2.00. The minimum atomic E-state index is -0.292. The second-order valence-corrected chi connectivity index (χ2v) is 5.12. The van der Waals surface area contributed by atoms with Crippen LogP contribution in [0, 0.1) is 0 Å². The van der Waals surface area contributed by atoms with Crippen molar-refractivity contribution in [3.63, 3.8) is 0 Å². The Labute approximate surface area is 140 Å². The molecule has 0 aromatic heterocycles. The van der Waals surface area contributed by atoms with E-state index in [-0.39, 0.29) is 6.03 Å². The highest BCUT2D eigenvalue weighted by Gasteiger charge is 2.12. The number of benzene rings is 2. The highest BCUT2D eigenvalue weighted by molar-refractivity contribution is 6.32. The molecule has 0 atom stereocenters. The van der Waals surface area contributed by atoms with E-state index in [0.717, 1.165) is 11.3 Å². The Morgan fingerprint density at radius 3 is 2.61 bits per heavy atom. The van der Waals surface area contributed by atoms with Gasteiger partial charge in [-0.2, -0.15) is 0 Å². The number of nitrogens with one attached hydrogen (secondary N) is 2. The molecule has 0 spiro atoms. The maximum atomic E-state index is 11.9. The summed E-state index contributed by atoms with van der Waals surface area (Å²) in [5.74, 6) is 1.05. The number of urea groups is 1.